The summed E-state index contributed by atoms with van der Waals surface area (Å²) in [5.41, 5.74) is 0.401. The fourth-order valence-electron chi connectivity index (χ4n) is 2.67. The predicted molar refractivity (Wildman–Crippen MR) is 113 cm³/mol. The molecule has 0 aliphatic carbocycles. The molecule has 9 heteroatoms. The highest BCUT2D eigenvalue weighted by Gasteiger charge is 2.21. The number of hydrogen-bond acceptors (Lipinski definition) is 6. The zero-order valence-corrected chi connectivity index (χ0v) is 17.1. The highest BCUT2D eigenvalue weighted by atomic mass is 35.5. The standard InChI is InChI=1S/C20H17ClN2O5S/c1-27-13-5-3-4-12(9-13)22-16(24)10-29-19-17(20(26)28-2)18(25)14-8-11(21)6-7-15(14)23-19/h3-9H,10H2,1-2H3,(H,22,24)(H,23,25). The van der Waals surface area contributed by atoms with E-state index >= 15 is 0 Å². The second-order valence-corrected chi connectivity index (χ2v) is 7.33. The first-order valence-corrected chi connectivity index (χ1v) is 9.80. The number of halogens is 1. The number of hydrogen-bond donors (Lipinski definition) is 2. The van der Waals surface area contributed by atoms with Crippen LogP contribution in [0.25, 0.3) is 10.9 Å². The quantitative estimate of drug-likeness (QED) is 0.455. The Balaban J connectivity index is 1.86. The summed E-state index contributed by atoms with van der Waals surface area (Å²) >= 11 is 6.99. The van der Waals surface area contributed by atoms with Crippen LogP contribution >= 0.6 is 23.4 Å². The molecule has 2 aromatic carbocycles. The second-order valence-electron chi connectivity index (χ2n) is 5.91. The third kappa shape index (κ3) is 4.72. The molecule has 0 saturated heterocycles. The molecule has 7 nitrogen and oxygen atoms in total. The molecule has 0 fully saturated rings. The lowest BCUT2D eigenvalue weighted by Gasteiger charge is -2.10. The molecule has 1 heterocycles. The van der Waals surface area contributed by atoms with Gasteiger partial charge in [-0.1, -0.05) is 29.4 Å². The van der Waals surface area contributed by atoms with Crippen LogP contribution in [0.5, 0.6) is 5.75 Å². The van der Waals surface area contributed by atoms with Gasteiger partial charge in [0.1, 0.15) is 11.3 Å². The van der Waals surface area contributed by atoms with Crippen LogP contribution in [0.2, 0.25) is 5.02 Å². The number of aromatic amines is 1. The summed E-state index contributed by atoms with van der Waals surface area (Å²) < 4.78 is 9.87. The van der Waals surface area contributed by atoms with Crippen molar-refractivity contribution in [2.75, 3.05) is 25.3 Å². The van der Waals surface area contributed by atoms with Crippen LogP contribution in [0.1, 0.15) is 10.4 Å². The van der Waals surface area contributed by atoms with Crippen molar-refractivity contribution in [3.8, 4) is 5.75 Å². The number of amides is 1. The average molecular weight is 433 g/mol. The largest absolute Gasteiger partial charge is 0.497 e. The van der Waals surface area contributed by atoms with E-state index in [0.29, 0.717) is 22.0 Å². The van der Waals surface area contributed by atoms with E-state index < -0.39 is 11.4 Å². The Bertz CT molecular complexity index is 1150. The molecule has 150 valence electrons. The Morgan fingerprint density at radius 1 is 1.17 bits per heavy atom. The Kier molecular flexibility index (Phi) is 6.46. The molecule has 1 amide bonds. The van der Waals surface area contributed by atoms with Crippen molar-refractivity contribution in [3.63, 3.8) is 0 Å². The molecule has 0 aliphatic rings. The van der Waals surface area contributed by atoms with E-state index in [-0.39, 0.29) is 27.6 Å². The first-order valence-electron chi connectivity index (χ1n) is 8.43. The van der Waals surface area contributed by atoms with Crippen LogP contribution in [0.4, 0.5) is 5.69 Å². The number of ether oxygens (including phenoxy) is 2. The lowest BCUT2D eigenvalue weighted by molar-refractivity contribution is -0.113. The molecule has 3 aromatic rings. The first kappa shape index (κ1) is 20.8. The summed E-state index contributed by atoms with van der Waals surface area (Å²) in [4.78, 5) is 40.3. The molecule has 0 aliphatic heterocycles. The molecule has 0 bridgehead atoms. The van der Waals surface area contributed by atoms with Gasteiger partial charge in [-0.05, 0) is 30.3 Å². The normalized spacial score (nSPS) is 10.6. The van der Waals surface area contributed by atoms with Gasteiger partial charge >= 0.3 is 5.97 Å². The number of nitrogens with one attached hydrogen (secondary N) is 2. The molecule has 2 N–H and O–H groups in total. The minimum Gasteiger partial charge on any atom is -0.497 e. The molecule has 0 atom stereocenters. The number of H-pyrrole nitrogens is 1. The average Bonchev–Trinajstić information content (AvgIpc) is 2.72. The maximum atomic E-state index is 12.8. The Morgan fingerprint density at radius 3 is 2.69 bits per heavy atom. The molecule has 29 heavy (non-hydrogen) atoms. The number of carbonyl (C=O) groups is 2. The topological polar surface area (TPSA) is 97.5 Å². The maximum absolute atomic E-state index is 12.8. The molecule has 0 saturated carbocycles. The van der Waals surface area contributed by atoms with E-state index in [1.165, 1.54) is 20.3 Å². The van der Waals surface area contributed by atoms with E-state index in [0.717, 1.165) is 11.8 Å². The Morgan fingerprint density at radius 2 is 1.97 bits per heavy atom. The van der Waals surface area contributed by atoms with Gasteiger partial charge in [0.05, 0.1) is 30.5 Å². The molecule has 0 spiro atoms. The van der Waals surface area contributed by atoms with Crippen LogP contribution in [0.15, 0.2) is 52.3 Å². The smallest absolute Gasteiger partial charge is 0.344 e. The number of fused-ring (bicyclic) bond motifs is 1. The molecule has 0 radical (unpaired) electrons. The van der Waals surface area contributed by atoms with Gasteiger partial charge in [0.2, 0.25) is 11.3 Å². The summed E-state index contributed by atoms with van der Waals surface area (Å²) in [6.07, 6.45) is 0. The number of methoxy groups -OCH3 is 2. The maximum Gasteiger partial charge on any atom is 0.344 e. The fourth-order valence-corrected chi connectivity index (χ4v) is 3.69. The van der Waals surface area contributed by atoms with E-state index in [9.17, 15) is 14.4 Å². The molecular weight excluding hydrogens is 416 g/mol. The van der Waals surface area contributed by atoms with Crippen molar-refractivity contribution in [2.45, 2.75) is 5.03 Å². The second kappa shape index (κ2) is 9.02. The lowest BCUT2D eigenvalue weighted by Crippen LogP contribution is -2.20. The summed E-state index contributed by atoms with van der Waals surface area (Å²) in [7, 11) is 2.72. The van der Waals surface area contributed by atoms with Gasteiger partial charge in [0, 0.05) is 22.2 Å². The minimum atomic E-state index is -0.788. The summed E-state index contributed by atoms with van der Waals surface area (Å²) in [5.74, 6) is -0.517. The number of aromatic nitrogens is 1. The summed E-state index contributed by atoms with van der Waals surface area (Å²) in [6.45, 7) is 0. The van der Waals surface area contributed by atoms with Gasteiger partial charge < -0.3 is 19.8 Å². The minimum absolute atomic E-state index is 0.0315. The summed E-state index contributed by atoms with van der Waals surface area (Å²) in [5, 5.41) is 3.63. The van der Waals surface area contributed by atoms with Gasteiger partial charge in [-0.25, -0.2) is 4.79 Å². The Hall–Kier alpha value is -2.97. The van der Waals surface area contributed by atoms with Gasteiger partial charge in [0.15, 0.2) is 0 Å². The number of esters is 1. The van der Waals surface area contributed by atoms with Crippen LogP contribution in [0.3, 0.4) is 0 Å². The van der Waals surface area contributed by atoms with Gasteiger partial charge in [-0.3, -0.25) is 9.59 Å². The predicted octanol–water partition coefficient (Wildman–Crippen LogP) is 3.71. The van der Waals surface area contributed by atoms with Crippen LogP contribution in [-0.4, -0.2) is 36.8 Å². The monoisotopic (exact) mass is 432 g/mol. The van der Waals surface area contributed by atoms with Crippen LogP contribution in [0, 0.1) is 0 Å². The fraction of sp³-hybridized carbons (Fsp3) is 0.150. The Labute approximate surface area is 175 Å². The molecule has 1 aromatic heterocycles. The lowest BCUT2D eigenvalue weighted by atomic mass is 10.1. The third-order valence-electron chi connectivity index (χ3n) is 4.02. The van der Waals surface area contributed by atoms with Gasteiger partial charge in [-0.15, -0.1) is 0 Å². The van der Waals surface area contributed by atoms with Crippen molar-refractivity contribution in [1.82, 2.24) is 4.98 Å². The van der Waals surface area contributed by atoms with Crippen molar-refractivity contribution < 1.29 is 19.1 Å². The number of rotatable bonds is 6. The van der Waals surface area contributed by atoms with Crippen molar-refractivity contribution in [3.05, 3.63) is 63.3 Å². The molecule has 0 unspecified atom stereocenters. The van der Waals surface area contributed by atoms with Crippen LogP contribution in [-0.2, 0) is 9.53 Å². The molecular formula is C20H17ClN2O5S. The highest BCUT2D eigenvalue weighted by Crippen LogP contribution is 2.24. The number of carbonyl (C=O) groups excluding carboxylic acids is 2. The summed E-state index contributed by atoms with van der Waals surface area (Å²) in [6, 6.07) is 11.7. The SMILES string of the molecule is COC(=O)c1c(SCC(=O)Nc2cccc(OC)c2)[nH]c2ccc(Cl)cc2c1=O. The van der Waals surface area contributed by atoms with Gasteiger partial charge in [-0.2, -0.15) is 0 Å². The number of anilines is 1. The molecule has 3 rings (SSSR count). The number of pyridine rings is 1. The van der Waals surface area contributed by atoms with E-state index in [1.54, 1.807) is 36.4 Å². The zero-order valence-electron chi connectivity index (χ0n) is 15.6. The number of thioether (sulfide) groups is 1. The van der Waals surface area contributed by atoms with Crippen molar-refractivity contribution in [2.24, 2.45) is 0 Å². The van der Waals surface area contributed by atoms with E-state index in [2.05, 4.69) is 10.3 Å². The first-order chi connectivity index (χ1) is 13.9. The zero-order chi connectivity index (χ0) is 21.0. The van der Waals surface area contributed by atoms with Crippen molar-refractivity contribution >= 4 is 51.8 Å². The highest BCUT2D eigenvalue weighted by molar-refractivity contribution is 8.00. The van der Waals surface area contributed by atoms with Gasteiger partial charge in [0.25, 0.3) is 0 Å². The third-order valence-corrected chi connectivity index (χ3v) is 5.26. The van der Waals surface area contributed by atoms with Crippen LogP contribution < -0.4 is 15.5 Å². The van der Waals surface area contributed by atoms with E-state index in [4.69, 9.17) is 21.1 Å². The van der Waals surface area contributed by atoms with Crippen molar-refractivity contribution in [1.29, 1.82) is 0 Å². The number of benzene rings is 2. The van der Waals surface area contributed by atoms with E-state index in [1.807, 2.05) is 0 Å².